The maximum Gasteiger partial charge on any atom is 0.169 e. The molecule has 2 nitrogen and oxygen atoms in total. The van der Waals surface area contributed by atoms with E-state index in [9.17, 15) is 14.0 Å². The van der Waals surface area contributed by atoms with Crippen LogP contribution in [0.5, 0.6) is 0 Å². The minimum Gasteiger partial charge on any atom is -0.300 e. The van der Waals surface area contributed by atoms with Gasteiger partial charge in [-0.05, 0) is 19.1 Å². The molecule has 0 aliphatic carbocycles. The van der Waals surface area contributed by atoms with Gasteiger partial charge in [-0.1, -0.05) is 24.6 Å². The maximum atomic E-state index is 13.5. The highest BCUT2D eigenvalue weighted by Crippen LogP contribution is 2.21. The Morgan fingerprint density at radius 3 is 2.62 bits per heavy atom. The lowest BCUT2D eigenvalue weighted by Crippen LogP contribution is -2.15. The van der Waals surface area contributed by atoms with Crippen molar-refractivity contribution in [2.24, 2.45) is 5.92 Å². The van der Waals surface area contributed by atoms with Gasteiger partial charge >= 0.3 is 0 Å². The molecule has 0 aromatic heterocycles. The first kappa shape index (κ1) is 12.8. The van der Waals surface area contributed by atoms with Crippen LogP contribution in [0.15, 0.2) is 18.2 Å². The number of halogens is 2. The van der Waals surface area contributed by atoms with Gasteiger partial charge in [0, 0.05) is 12.3 Å². The third-order valence-electron chi connectivity index (χ3n) is 2.26. The zero-order valence-corrected chi connectivity index (χ0v) is 9.84. The van der Waals surface area contributed by atoms with Gasteiger partial charge < -0.3 is 4.79 Å². The van der Waals surface area contributed by atoms with E-state index in [2.05, 4.69) is 0 Å². The van der Waals surface area contributed by atoms with Gasteiger partial charge in [0.25, 0.3) is 0 Å². The molecular weight excluding hydrogens is 231 g/mol. The van der Waals surface area contributed by atoms with Gasteiger partial charge in [-0.15, -0.1) is 0 Å². The lowest BCUT2D eigenvalue weighted by atomic mass is 9.95. The van der Waals surface area contributed by atoms with Crippen molar-refractivity contribution in [1.82, 2.24) is 0 Å². The molecule has 16 heavy (non-hydrogen) atoms. The molecule has 0 aliphatic rings. The van der Waals surface area contributed by atoms with Crippen LogP contribution < -0.4 is 0 Å². The zero-order chi connectivity index (χ0) is 12.3. The Morgan fingerprint density at radius 1 is 1.44 bits per heavy atom. The van der Waals surface area contributed by atoms with Crippen LogP contribution in [0.4, 0.5) is 4.39 Å². The van der Waals surface area contributed by atoms with Crippen LogP contribution in [0.25, 0.3) is 0 Å². The van der Waals surface area contributed by atoms with Crippen molar-refractivity contribution in [2.75, 3.05) is 0 Å². The summed E-state index contributed by atoms with van der Waals surface area (Å²) in [7, 11) is 0. The van der Waals surface area contributed by atoms with E-state index in [1.165, 1.54) is 25.1 Å². The summed E-state index contributed by atoms with van der Waals surface area (Å²) in [6, 6.07) is 4.27. The molecule has 1 rings (SSSR count). The topological polar surface area (TPSA) is 34.1 Å². The summed E-state index contributed by atoms with van der Waals surface area (Å²) in [5.41, 5.74) is -0.0544. The first-order valence-corrected chi connectivity index (χ1v) is 5.29. The summed E-state index contributed by atoms with van der Waals surface area (Å²) < 4.78 is 13.5. The van der Waals surface area contributed by atoms with Crippen LogP contribution in [0, 0.1) is 11.7 Å². The second-order valence-corrected chi connectivity index (χ2v) is 4.18. The zero-order valence-electron chi connectivity index (χ0n) is 9.09. The Morgan fingerprint density at radius 2 is 2.06 bits per heavy atom. The fraction of sp³-hybridized carbons (Fsp3) is 0.333. The van der Waals surface area contributed by atoms with Crippen molar-refractivity contribution in [3.8, 4) is 0 Å². The molecule has 1 aromatic carbocycles. The largest absolute Gasteiger partial charge is 0.300 e. The lowest BCUT2D eigenvalue weighted by molar-refractivity contribution is -0.117. The summed E-state index contributed by atoms with van der Waals surface area (Å²) in [5.74, 6) is -1.73. The van der Waals surface area contributed by atoms with Crippen LogP contribution >= 0.6 is 11.6 Å². The molecule has 0 fully saturated rings. The number of hydrogen-bond donors (Lipinski definition) is 0. The highest BCUT2D eigenvalue weighted by atomic mass is 35.5. The highest BCUT2D eigenvalue weighted by Gasteiger charge is 2.20. The van der Waals surface area contributed by atoms with Crippen LogP contribution in [0.2, 0.25) is 5.02 Å². The third kappa shape index (κ3) is 2.89. The van der Waals surface area contributed by atoms with E-state index in [0.29, 0.717) is 0 Å². The van der Waals surface area contributed by atoms with Crippen molar-refractivity contribution in [3.05, 3.63) is 34.6 Å². The summed E-state index contributed by atoms with van der Waals surface area (Å²) in [6.07, 6.45) is 0.116. The fourth-order valence-corrected chi connectivity index (χ4v) is 1.66. The van der Waals surface area contributed by atoms with Gasteiger partial charge in [0.15, 0.2) is 11.6 Å². The first-order valence-electron chi connectivity index (χ1n) is 4.91. The second kappa shape index (κ2) is 5.21. The third-order valence-corrected chi connectivity index (χ3v) is 2.55. The Hall–Kier alpha value is -1.22. The minimum atomic E-state index is -0.718. The van der Waals surface area contributed by atoms with E-state index >= 15 is 0 Å². The molecule has 1 unspecified atom stereocenters. The van der Waals surface area contributed by atoms with Crippen molar-refractivity contribution >= 4 is 23.2 Å². The summed E-state index contributed by atoms with van der Waals surface area (Å²) in [4.78, 5) is 22.7. The summed E-state index contributed by atoms with van der Waals surface area (Å²) >= 11 is 5.57. The minimum absolute atomic E-state index is 0.0544. The Labute approximate surface area is 98.4 Å². The monoisotopic (exact) mass is 242 g/mol. The van der Waals surface area contributed by atoms with Crippen LogP contribution in [0.1, 0.15) is 30.6 Å². The lowest BCUT2D eigenvalue weighted by Gasteiger charge is -2.09. The van der Waals surface area contributed by atoms with Crippen molar-refractivity contribution in [2.45, 2.75) is 20.3 Å². The molecule has 86 valence electrons. The maximum absolute atomic E-state index is 13.5. The molecule has 0 radical (unpaired) electrons. The predicted octanol–water partition coefficient (Wildman–Crippen LogP) is 3.28. The standard InChI is InChI=1S/C12H12ClFO2/c1-7(6-8(2)15)12(16)9-4-3-5-10(13)11(9)14/h3-5,7H,6H2,1-2H3. The molecule has 0 bridgehead atoms. The number of carbonyl (C=O) groups excluding carboxylic acids is 2. The smallest absolute Gasteiger partial charge is 0.169 e. The van der Waals surface area contributed by atoms with E-state index in [1.54, 1.807) is 6.92 Å². The molecule has 0 heterocycles. The van der Waals surface area contributed by atoms with E-state index in [4.69, 9.17) is 11.6 Å². The van der Waals surface area contributed by atoms with E-state index in [1.807, 2.05) is 0 Å². The van der Waals surface area contributed by atoms with Gasteiger partial charge in [-0.2, -0.15) is 0 Å². The normalized spacial score (nSPS) is 12.2. The van der Waals surface area contributed by atoms with E-state index < -0.39 is 17.5 Å². The van der Waals surface area contributed by atoms with Crippen LogP contribution in [0.3, 0.4) is 0 Å². The van der Waals surface area contributed by atoms with Crippen LogP contribution in [-0.2, 0) is 4.79 Å². The second-order valence-electron chi connectivity index (χ2n) is 3.77. The highest BCUT2D eigenvalue weighted by molar-refractivity contribution is 6.31. The molecule has 4 heteroatoms. The average Bonchev–Trinajstić information content (AvgIpc) is 2.20. The molecule has 0 saturated heterocycles. The molecule has 1 atom stereocenters. The Balaban J connectivity index is 2.96. The van der Waals surface area contributed by atoms with Gasteiger partial charge in [-0.3, -0.25) is 4.79 Å². The molecule has 0 aliphatic heterocycles. The molecule has 0 amide bonds. The number of benzene rings is 1. The Bertz CT molecular complexity index is 429. The number of hydrogen-bond acceptors (Lipinski definition) is 2. The molecular formula is C12H12ClFO2. The summed E-state index contributed by atoms with van der Waals surface area (Å²) in [5, 5.41) is -0.0825. The molecule has 0 N–H and O–H groups in total. The van der Waals surface area contributed by atoms with Gasteiger partial charge in [-0.25, -0.2) is 4.39 Å². The number of ketones is 2. The predicted molar refractivity (Wildman–Crippen MR) is 60.2 cm³/mol. The van der Waals surface area contributed by atoms with Crippen molar-refractivity contribution in [3.63, 3.8) is 0 Å². The summed E-state index contributed by atoms with van der Waals surface area (Å²) in [6.45, 7) is 3.00. The average molecular weight is 243 g/mol. The number of Topliss-reactive ketones (excluding diaryl/α,β-unsaturated/α-hetero) is 2. The van der Waals surface area contributed by atoms with Crippen molar-refractivity contribution in [1.29, 1.82) is 0 Å². The van der Waals surface area contributed by atoms with Crippen molar-refractivity contribution < 1.29 is 14.0 Å². The first-order chi connectivity index (χ1) is 7.43. The van der Waals surface area contributed by atoms with Gasteiger partial charge in [0.05, 0.1) is 10.6 Å². The van der Waals surface area contributed by atoms with E-state index in [-0.39, 0.29) is 22.8 Å². The van der Waals surface area contributed by atoms with Crippen LogP contribution in [-0.4, -0.2) is 11.6 Å². The number of carbonyl (C=O) groups is 2. The van der Waals surface area contributed by atoms with E-state index in [0.717, 1.165) is 0 Å². The molecule has 1 aromatic rings. The number of rotatable bonds is 4. The molecule has 0 saturated carbocycles. The van der Waals surface area contributed by atoms with Gasteiger partial charge in [0.1, 0.15) is 5.78 Å². The van der Waals surface area contributed by atoms with Gasteiger partial charge in [0.2, 0.25) is 0 Å². The fourth-order valence-electron chi connectivity index (χ4n) is 1.48. The molecule has 0 spiro atoms. The SMILES string of the molecule is CC(=O)CC(C)C(=O)c1cccc(Cl)c1F. The Kier molecular flexibility index (Phi) is 4.19. The quantitative estimate of drug-likeness (QED) is 0.760.